The zero-order valence-corrected chi connectivity index (χ0v) is 10.7. The number of anilines is 1. The molecule has 0 aliphatic carbocycles. The van der Waals surface area contributed by atoms with Crippen LogP contribution in [0.2, 0.25) is 0 Å². The molecule has 0 aliphatic rings. The van der Waals surface area contributed by atoms with Gasteiger partial charge in [0.05, 0.1) is 6.61 Å². The van der Waals surface area contributed by atoms with E-state index in [0.717, 1.165) is 16.8 Å². The van der Waals surface area contributed by atoms with Crippen LogP contribution < -0.4 is 5.32 Å². The molecule has 94 valence electrons. The molecule has 1 rings (SSSR count). The Hall–Kier alpha value is -1.55. The summed E-state index contributed by atoms with van der Waals surface area (Å²) in [6.07, 6.45) is 0. The van der Waals surface area contributed by atoms with Gasteiger partial charge in [-0.15, -0.1) is 0 Å². The van der Waals surface area contributed by atoms with Crippen molar-refractivity contribution in [3.8, 4) is 0 Å². The molecule has 0 saturated heterocycles. The van der Waals surface area contributed by atoms with Crippen LogP contribution in [0.25, 0.3) is 0 Å². The van der Waals surface area contributed by atoms with E-state index in [1.54, 1.807) is 4.90 Å². The van der Waals surface area contributed by atoms with E-state index in [1.165, 1.54) is 0 Å². The van der Waals surface area contributed by atoms with Gasteiger partial charge in [-0.2, -0.15) is 0 Å². The Bertz CT molecular complexity index is 371. The predicted molar refractivity (Wildman–Crippen MR) is 69.3 cm³/mol. The molecule has 0 unspecified atom stereocenters. The first kappa shape index (κ1) is 13.5. The molecule has 2 N–H and O–H groups in total. The van der Waals surface area contributed by atoms with E-state index in [1.807, 2.05) is 39.0 Å². The quantitative estimate of drug-likeness (QED) is 0.841. The fourth-order valence-corrected chi connectivity index (χ4v) is 1.72. The minimum absolute atomic E-state index is 0.0198. The maximum Gasteiger partial charge on any atom is 0.321 e. The number of aliphatic hydroxyl groups excluding tert-OH is 1. The third-order valence-electron chi connectivity index (χ3n) is 2.75. The van der Waals surface area contributed by atoms with E-state index in [-0.39, 0.29) is 12.6 Å². The first-order chi connectivity index (χ1) is 8.10. The number of carbonyl (C=O) groups excluding carboxylic acids is 1. The summed E-state index contributed by atoms with van der Waals surface area (Å²) in [5, 5.41) is 11.8. The minimum atomic E-state index is -0.168. The summed E-state index contributed by atoms with van der Waals surface area (Å²) in [5.74, 6) is 0. The van der Waals surface area contributed by atoms with Crippen LogP contribution in [-0.4, -0.2) is 35.7 Å². The summed E-state index contributed by atoms with van der Waals surface area (Å²) in [4.78, 5) is 13.5. The van der Waals surface area contributed by atoms with Gasteiger partial charge in [-0.05, 0) is 31.9 Å². The van der Waals surface area contributed by atoms with Crippen LogP contribution in [0.15, 0.2) is 18.2 Å². The Labute approximate surface area is 102 Å². The van der Waals surface area contributed by atoms with Crippen LogP contribution in [0.3, 0.4) is 0 Å². The van der Waals surface area contributed by atoms with Gasteiger partial charge in [-0.25, -0.2) is 4.79 Å². The van der Waals surface area contributed by atoms with E-state index in [0.29, 0.717) is 13.1 Å². The summed E-state index contributed by atoms with van der Waals surface area (Å²) >= 11 is 0. The van der Waals surface area contributed by atoms with Crippen molar-refractivity contribution in [3.63, 3.8) is 0 Å². The lowest BCUT2D eigenvalue weighted by Crippen LogP contribution is -2.37. The van der Waals surface area contributed by atoms with E-state index in [2.05, 4.69) is 5.32 Å². The second kappa shape index (κ2) is 6.25. The first-order valence-corrected chi connectivity index (χ1v) is 5.83. The van der Waals surface area contributed by atoms with Gasteiger partial charge in [0.15, 0.2) is 0 Å². The van der Waals surface area contributed by atoms with Crippen molar-refractivity contribution in [1.82, 2.24) is 4.90 Å². The lowest BCUT2D eigenvalue weighted by molar-refractivity contribution is 0.192. The van der Waals surface area contributed by atoms with Gasteiger partial charge in [0.2, 0.25) is 0 Å². The molecule has 0 heterocycles. The fraction of sp³-hybridized carbons (Fsp3) is 0.462. The van der Waals surface area contributed by atoms with Crippen LogP contribution in [0.1, 0.15) is 18.1 Å². The van der Waals surface area contributed by atoms with Gasteiger partial charge >= 0.3 is 6.03 Å². The molecule has 0 atom stereocenters. The molecular formula is C13H20N2O2. The van der Waals surface area contributed by atoms with E-state index in [9.17, 15) is 4.79 Å². The molecule has 4 nitrogen and oxygen atoms in total. The monoisotopic (exact) mass is 236 g/mol. The van der Waals surface area contributed by atoms with Gasteiger partial charge in [0.25, 0.3) is 0 Å². The van der Waals surface area contributed by atoms with Crippen molar-refractivity contribution in [1.29, 1.82) is 0 Å². The summed E-state index contributed by atoms with van der Waals surface area (Å²) < 4.78 is 0. The molecule has 4 heteroatoms. The lowest BCUT2D eigenvalue weighted by atomic mass is 10.1. The zero-order chi connectivity index (χ0) is 12.8. The highest BCUT2D eigenvalue weighted by Gasteiger charge is 2.12. The Kier molecular flexibility index (Phi) is 4.97. The highest BCUT2D eigenvalue weighted by molar-refractivity contribution is 5.91. The summed E-state index contributed by atoms with van der Waals surface area (Å²) in [6.45, 7) is 6.73. The number of aryl methyl sites for hydroxylation is 2. The number of urea groups is 1. The van der Waals surface area contributed by atoms with Crippen molar-refractivity contribution in [3.05, 3.63) is 29.3 Å². The number of hydrogen-bond acceptors (Lipinski definition) is 2. The van der Waals surface area contributed by atoms with Crippen molar-refractivity contribution in [2.24, 2.45) is 0 Å². The maximum absolute atomic E-state index is 11.9. The van der Waals surface area contributed by atoms with Crippen LogP contribution in [0.5, 0.6) is 0 Å². The number of amides is 2. The molecule has 0 spiro atoms. The number of nitrogens with zero attached hydrogens (tertiary/aromatic N) is 1. The molecule has 0 bridgehead atoms. The molecule has 0 radical (unpaired) electrons. The van der Waals surface area contributed by atoms with Crippen LogP contribution in [-0.2, 0) is 0 Å². The highest BCUT2D eigenvalue weighted by Crippen LogP contribution is 2.19. The maximum atomic E-state index is 11.9. The number of likely N-dealkylation sites (N-methyl/N-ethyl adjacent to an activating group) is 1. The number of aliphatic hydroxyl groups is 1. The van der Waals surface area contributed by atoms with Gasteiger partial charge in [0, 0.05) is 18.8 Å². The average molecular weight is 236 g/mol. The van der Waals surface area contributed by atoms with Crippen molar-refractivity contribution >= 4 is 11.7 Å². The zero-order valence-electron chi connectivity index (χ0n) is 10.7. The lowest BCUT2D eigenvalue weighted by Gasteiger charge is -2.21. The smallest absolute Gasteiger partial charge is 0.321 e. The molecule has 2 amide bonds. The van der Waals surface area contributed by atoms with Crippen molar-refractivity contribution < 1.29 is 9.90 Å². The molecule has 1 aromatic carbocycles. The normalized spacial score (nSPS) is 10.1. The molecule has 0 aromatic heterocycles. The second-order valence-electron chi connectivity index (χ2n) is 4.00. The van der Waals surface area contributed by atoms with Crippen LogP contribution >= 0.6 is 0 Å². The SMILES string of the molecule is CCN(CCO)C(=O)Nc1c(C)cccc1C. The molecule has 17 heavy (non-hydrogen) atoms. The Morgan fingerprint density at radius 2 is 1.94 bits per heavy atom. The Balaban J connectivity index is 2.80. The number of nitrogens with one attached hydrogen (secondary N) is 1. The van der Waals surface area contributed by atoms with Gasteiger partial charge < -0.3 is 15.3 Å². The number of benzene rings is 1. The summed E-state index contributed by atoms with van der Waals surface area (Å²) in [6, 6.07) is 5.72. The third kappa shape index (κ3) is 3.46. The minimum Gasteiger partial charge on any atom is -0.395 e. The van der Waals surface area contributed by atoms with Crippen LogP contribution in [0, 0.1) is 13.8 Å². The first-order valence-electron chi connectivity index (χ1n) is 5.83. The Morgan fingerprint density at radius 1 is 1.35 bits per heavy atom. The number of carbonyl (C=O) groups is 1. The van der Waals surface area contributed by atoms with Gasteiger partial charge in [-0.3, -0.25) is 0 Å². The van der Waals surface area contributed by atoms with E-state index in [4.69, 9.17) is 5.11 Å². The molecular weight excluding hydrogens is 216 g/mol. The van der Waals surface area contributed by atoms with Gasteiger partial charge in [-0.1, -0.05) is 18.2 Å². The van der Waals surface area contributed by atoms with Crippen molar-refractivity contribution in [2.75, 3.05) is 25.0 Å². The Morgan fingerprint density at radius 3 is 2.41 bits per heavy atom. The number of para-hydroxylation sites is 1. The average Bonchev–Trinajstić information content (AvgIpc) is 2.30. The molecule has 0 fully saturated rings. The fourth-order valence-electron chi connectivity index (χ4n) is 1.72. The summed E-state index contributed by atoms with van der Waals surface area (Å²) in [5.41, 5.74) is 2.94. The topological polar surface area (TPSA) is 52.6 Å². The number of hydrogen-bond donors (Lipinski definition) is 2. The largest absolute Gasteiger partial charge is 0.395 e. The summed E-state index contributed by atoms with van der Waals surface area (Å²) in [7, 11) is 0. The van der Waals surface area contributed by atoms with Crippen LogP contribution in [0.4, 0.5) is 10.5 Å². The highest BCUT2D eigenvalue weighted by atomic mass is 16.3. The van der Waals surface area contributed by atoms with Crippen molar-refractivity contribution in [2.45, 2.75) is 20.8 Å². The van der Waals surface area contributed by atoms with E-state index < -0.39 is 0 Å². The number of rotatable bonds is 4. The molecule has 0 aliphatic heterocycles. The van der Waals surface area contributed by atoms with Gasteiger partial charge in [0.1, 0.15) is 0 Å². The third-order valence-corrected chi connectivity index (χ3v) is 2.75. The predicted octanol–water partition coefficient (Wildman–Crippen LogP) is 2.15. The molecule has 0 saturated carbocycles. The van der Waals surface area contributed by atoms with E-state index >= 15 is 0 Å². The molecule has 1 aromatic rings. The standard InChI is InChI=1S/C13H20N2O2/c1-4-15(8-9-16)13(17)14-12-10(2)6-5-7-11(12)3/h5-7,16H,4,8-9H2,1-3H3,(H,14,17). The second-order valence-corrected chi connectivity index (χ2v) is 4.00.